The number of para-hydroxylation sites is 1. The van der Waals surface area contributed by atoms with E-state index in [0.29, 0.717) is 0 Å². The molecule has 3 N–H and O–H groups in total. The fraction of sp³-hybridized carbons (Fsp3) is 0.333. The van der Waals surface area contributed by atoms with Crippen LogP contribution in [-0.2, 0) is 0 Å². The number of hydrogen-bond donors (Lipinski definition) is 3. The molecule has 72 valence electrons. The van der Waals surface area contributed by atoms with Gasteiger partial charge in [0, 0.05) is 5.69 Å². The Kier molecular flexibility index (Phi) is 3.47. The van der Waals surface area contributed by atoms with E-state index in [1.807, 2.05) is 32.3 Å². The molecule has 13 heavy (non-hydrogen) atoms. The van der Waals surface area contributed by atoms with Crippen molar-refractivity contribution in [2.24, 2.45) is 0 Å². The van der Waals surface area contributed by atoms with E-state index in [9.17, 15) is 0 Å². The second kappa shape index (κ2) is 4.41. The van der Waals surface area contributed by atoms with E-state index in [1.54, 1.807) is 0 Å². The molecule has 0 saturated carbocycles. The molecule has 0 fully saturated rings. The number of anilines is 1. The SMILES string of the molecule is CN[Si](C)(NC)Nc1ccccc1. The van der Waals surface area contributed by atoms with E-state index in [1.165, 1.54) is 0 Å². The first-order chi connectivity index (χ1) is 6.20. The zero-order valence-corrected chi connectivity index (χ0v) is 9.39. The Morgan fingerprint density at radius 2 is 1.54 bits per heavy atom. The van der Waals surface area contributed by atoms with Crippen molar-refractivity contribution in [3.05, 3.63) is 30.3 Å². The summed E-state index contributed by atoms with van der Waals surface area (Å²) in [5.74, 6) is 0. The van der Waals surface area contributed by atoms with Gasteiger partial charge in [-0.1, -0.05) is 18.2 Å². The van der Waals surface area contributed by atoms with Crippen LogP contribution >= 0.6 is 0 Å². The van der Waals surface area contributed by atoms with Crippen LogP contribution in [0, 0.1) is 0 Å². The Hall–Kier alpha value is -0.843. The molecule has 0 aliphatic carbocycles. The summed E-state index contributed by atoms with van der Waals surface area (Å²) in [5.41, 5.74) is 1.15. The molecule has 0 radical (unpaired) electrons. The van der Waals surface area contributed by atoms with Crippen molar-refractivity contribution in [2.75, 3.05) is 19.1 Å². The summed E-state index contributed by atoms with van der Waals surface area (Å²) in [6, 6.07) is 10.2. The van der Waals surface area contributed by atoms with E-state index in [0.717, 1.165) is 5.69 Å². The maximum Gasteiger partial charge on any atom is 0.307 e. The minimum atomic E-state index is -1.69. The van der Waals surface area contributed by atoms with Gasteiger partial charge in [0.05, 0.1) is 0 Å². The van der Waals surface area contributed by atoms with Crippen LogP contribution in [0.4, 0.5) is 5.69 Å². The van der Waals surface area contributed by atoms with Gasteiger partial charge in [-0.05, 0) is 32.8 Å². The van der Waals surface area contributed by atoms with Crippen molar-refractivity contribution in [3.63, 3.8) is 0 Å². The largest absolute Gasteiger partial charge is 0.387 e. The summed E-state index contributed by atoms with van der Waals surface area (Å²) in [7, 11) is 2.25. The minimum absolute atomic E-state index is 1.15. The lowest BCUT2D eigenvalue weighted by Crippen LogP contribution is -2.63. The maximum atomic E-state index is 3.47. The van der Waals surface area contributed by atoms with Crippen LogP contribution in [0.5, 0.6) is 0 Å². The van der Waals surface area contributed by atoms with Crippen LogP contribution in [-0.4, -0.2) is 22.7 Å². The van der Waals surface area contributed by atoms with Crippen LogP contribution in [0.2, 0.25) is 6.55 Å². The third kappa shape index (κ3) is 2.84. The van der Waals surface area contributed by atoms with Gasteiger partial charge in [-0.25, -0.2) is 0 Å². The fourth-order valence-electron chi connectivity index (χ4n) is 1.06. The number of nitrogens with one attached hydrogen (secondary N) is 3. The molecule has 1 aromatic carbocycles. The fourth-order valence-corrected chi connectivity index (χ4v) is 2.30. The highest BCUT2D eigenvalue weighted by atomic mass is 28.4. The average molecular weight is 195 g/mol. The van der Waals surface area contributed by atoms with Crippen LogP contribution in [0.3, 0.4) is 0 Å². The standard InChI is InChI=1S/C9H17N3Si/c1-10-13(3,11-2)12-9-7-5-4-6-8-9/h4-8,10-12H,1-3H3. The molecular formula is C9H17N3Si. The molecule has 4 heteroatoms. The molecule has 0 aliphatic heterocycles. The van der Waals surface area contributed by atoms with E-state index < -0.39 is 8.56 Å². The first kappa shape index (κ1) is 10.2. The maximum absolute atomic E-state index is 3.47. The molecule has 0 spiro atoms. The Morgan fingerprint density at radius 1 is 1.00 bits per heavy atom. The van der Waals surface area contributed by atoms with Gasteiger partial charge in [0.1, 0.15) is 0 Å². The van der Waals surface area contributed by atoms with Gasteiger partial charge >= 0.3 is 8.56 Å². The molecule has 0 amide bonds. The molecule has 0 aliphatic rings. The predicted molar refractivity (Wildman–Crippen MR) is 59.8 cm³/mol. The van der Waals surface area contributed by atoms with E-state index in [2.05, 4.69) is 33.6 Å². The lowest BCUT2D eigenvalue weighted by Gasteiger charge is -2.27. The van der Waals surface area contributed by atoms with Crippen molar-refractivity contribution < 1.29 is 0 Å². The van der Waals surface area contributed by atoms with Crippen molar-refractivity contribution in [1.29, 1.82) is 0 Å². The molecule has 1 rings (SSSR count). The summed E-state index contributed by atoms with van der Waals surface area (Å²) in [6.07, 6.45) is 0. The first-order valence-electron chi connectivity index (χ1n) is 4.41. The van der Waals surface area contributed by atoms with E-state index in [4.69, 9.17) is 0 Å². The molecule has 0 aromatic heterocycles. The smallest absolute Gasteiger partial charge is 0.307 e. The molecule has 3 nitrogen and oxygen atoms in total. The van der Waals surface area contributed by atoms with Gasteiger partial charge in [0.25, 0.3) is 0 Å². The van der Waals surface area contributed by atoms with Gasteiger partial charge in [-0.3, -0.25) is 0 Å². The first-order valence-corrected chi connectivity index (χ1v) is 6.91. The monoisotopic (exact) mass is 195 g/mol. The average Bonchev–Trinajstić information content (AvgIpc) is 2.19. The summed E-state index contributed by atoms with van der Waals surface area (Å²) >= 11 is 0. The third-order valence-corrected chi connectivity index (χ3v) is 4.96. The Balaban J connectivity index is 2.68. The molecule has 0 unspecified atom stereocenters. The second-order valence-corrected chi connectivity index (χ2v) is 6.62. The normalized spacial score (nSPS) is 11.3. The van der Waals surface area contributed by atoms with Crippen molar-refractivity contribution in [2.45, 2.75) is 6.55 Å². The zero-order chi connectivity index (χ0) is 9.73. The second-order valence-electron chi connectivity index (χ2n) is 3.12. The molecular weight excluding hydrogens is 178 g/mol. The highest BCUT2D eigenvalue weighted by molar-refractivity contribution is 6.76. The summed E-state index contributed by atoms with van der Waals surface area (Å²) in [5, 5.41) is 0. The lowest BCUT2D eigenvalue weighted by molar-refractivity contribution is 1.02. The lowest BCUT2D eigenvalue weighted by atomic mass is 10.3. The third-order valence-electron chi connectivity index (χ3n) is 2.17. The zero-order valence-electron chi connectivity index (χ0n) is 8.39. The van der Waals surface area contributed by atoms with Crippen molar-refractivity contribution in [1.82, 2.24) is 9.96 Å². The van der Waals surface area contributed by atoms with Gasteiger partial charge in [-0.2, -0.15) is 0 Å². The number of benzene rings is 1. The predicted octanol–water partition coefficient (Wildman–Crippen LogP) is 1.11. The molecule has 0 heterocycles. The summed E-state index contributed by atoms with van der Waals surface area (Å²) in [4.78, 5) is 10.1. The van der Waals surface area contributed by atoms with E-state index >= 15 is 0 Å². The van der Waals surface area contributed by atoms with Crippen LogP contribution in [0.1, 0.15) is 0 Å². The summed E-state index contributed by atoms with van der Waals surface area (Å²) < 4.78 is 0. The minimum Gasteiger partial charge on any atom is -0.387 e. The number of rotatable bonds is 4. The van der Waals surface area contributed by atoms with E-state index in [-0.39, 0.29) is 0 Å². The molecule has 0 atom stereocenters. The Labute approximate surface area is 80.8 Å². The topological polar surface area (TPSA) is 36.1 Å². The van der Waals surface area contributed by atoms with Gasteiger partial charge in [0.2, 0.25) is 0 Å². The van der Waals surface area contributed by atoms with Crippen molar-refractivity contribution >= 4 is 14.2 Å². The van der Waals surface area contributed by atoms with Gasteiger partial charge < -0.3 is 14.9 Å². The number of hydrogen-bond acceptors (Lipinski definition) is 3. The molecule has 0 saturated heterocycles. The summed E-state index contributed by atoms with van der Waals surface area (Å²) in [6.45, 7) is 2.18. The molecule has 1 aromatic rings. The Bertz CT molecular complexity index is 246. The Morgan fingerprint density at radius 3 is 2.00 bits per heavy atom. The van der Waals surface area contributed by atoms with Crippen LogP contribution in [0.25, 0.3) is 0 Å². The highest BCUT2D eigenvalue weighted by Gasteiger charge is 2.23. The van der Waals surface area contributed by atoms with Crippen LogP contribution in [0.15, 0.2) is 30.3 Å². The van der Waals surface area contributed by atoms with Crippen molar-refractivity contribution in [3.8, 4) is 0 Å². The molecule has 0 bridgehead atoms. The van der Waals surface area contributed by atoms with Crippen LogP contribution < -0.4 is 14.9 Å². The van der Waals surface area contributed by atoms with Gasteiger partial charge in [-0.15, -0.1) is 0 Å². The van der Waals surface area contributed by atoms with Gasteiger partial charge in [0.15, 0.2) is 0 Å². The highest BCUT2D eigenvalue weighted by Crippen LogP contribution is 2.07. The quantitative estimate of drug-likeness (QED) is 0.630.